The Kier molecular flexibility index (Phi) is 4.69. The zero-order chi connectivity index (χ0) is 13.7. The molecule has 0 bridgehead atoms. The van der Waals surface area contributed by atoms with Crippen molar-refractivity contribution in [2.45, 2.75) is 20.3 Å². The average Bonchev–Trinajstić information content (AvgIpc) is 2.46. The molecule has 0 fully saturated rings. The first kappa shape index (κ1) is 13.8. The van der Waals surface area contributed by atoms with E-state index in [-0.39, 0.29) is 0 Å². The quantitative estimate of drug-likeness (QED) is 0.810. The molecule has 1 aliphatic heterocycles. The predicted molar refractivity (Wildman–Crippen MR) is 83.9 cm³/mol. The summed E-state index contributed by atoms with van der Waals surface area (Å²) in [6.45, 7) is 5.20. The monoisotopic (exact) mass is 274 g/mol. The molecule has 0 aliphatic carbocycles. The minimum Gasteiger partial charge on any atom is -0.350 e. The second kappa shape index (κ2) is 6.48. The molecule has 2 rings (SSSR count). The molecule has 3 heteroatoms. The van der Waals surface area contributed by atoms with E-state index < -0.39 is 0 Å². The van der Waals surface area contributed by atoms with Gasteiger partial charge in [0.05, 0.1) is 0 Å². The number of nitrogens with zero attached hydrogens (tertiary/aromatic N) is 1. The van der Waals surface area contributed by atoms with Crippen molar-refractivity contribution in [1.29, 1.82) is 0 Å². The minimum absolute atomic E-state index is 0.932. The SMILES string of the molecule is CCc1cc(NCl)ccc1/C=C/N1C=CC(C)=CC1. The van der Waals surface area contributed by atoms with Crippen LogP contribution in [0.3, 0.4) is 0 Å². The lowest BCUT2D eigenvalue weighted by Crippen LogP contribution is -2.12. The van der Waals surface area contributed by atoms with Gasteiger partial charge in [0.25, 0.3) is 0 Å². The molecule has 100 valence electrons. The lowest BCUT2D eigenvalue weighted by Gasteiger charge is -2.17. The van der Waals surface area contributed by atoms with E-state index in [1.165, 1.54) is 16.7 Å². The van der Waals surface area contributed by atoms with E-state index in [4.69, 9.17) is 11.8 Å². The van der Waals surface area contributed by atoms with Gasteiger partial charge in [0.2, 0.25) is 0 Å². The van der Waals surface area contributed by atoms with Crippen LogP contribution in [0.2, 0.25) is 0 Å². The molecule has 0 saturated carbocycles. The Morgan fingerprint density at radius 2 is 2.26 bits per heavy atom. The van der Waals surface area contributed by atoms with Crippen molar-refractivity contribution in [1.82, 2.24) is 4.90 Å². The molecule has 19 heavy (non-hydrogen) atoms. The Morgan fingerprint density at radius 3 is 2.89 bits per heavy atom. The minimum atomic E-state index is 0.932. The molecule has 0 saturated heterocycles. The summed E-state index contributed by atoms with van der Waals surface area (Å²) < 4.78 is 0. The molecular weight excluding hydrogens is 256 g/mol. The van der Waals surface area contributed by atoms with Crippen molar-refractivity contribution < 1.29 is 0 Å². The second-order valence-electron chi connectivity index (χ2n) is 4.64. The maximum absolute atomic E-state index is 5.63. The predicted octanol–water partition coefficient (Wildman–Crippen LogP) is 4.56. The van der Waals surface area contributed by atoms with Crippen LogP contribution in [0.5, 0.6) is 0 Å². The van der Waals surface area contributed by atoms with Crippen LogP contribution in [0.1, 0.15) is 25.0 Å². The number of hydrogen-bond donors (Lipinski definition) is 1. The van der Waals surface area contributed by atoms with Crippen molar-refractivity contribution in [3.05, 3.63) is 59.5 Å². The molecule has 2 nitrogen and oxygen atoms in total. The normalized spacial score (nSPS) is 14.9. The lowest BCUT2D eigenvalue weighted by molar-refractivity contribution is 0.560. The molecule has 0 unspecified atom stereocenters. The highest BCUT2D eigenvalue weighted by Crippen LogP contribution is 2.19. The Bertz CT molecular complexity index is 530. The number of hydrogen-bond acceptors (Lipinski definition) is 2. The Balaban J connectivity index is 2.12. The lowest BCUT2D eigenvalue weighted by atomic mass is 10.0. The second-order valence-corrected chi connectivity index (χ2v) is 4.83. The average molecular weight is 275 g/mol. The molecule has 1 aromatic carbocycles. The summed E-state index contributed by atoms with van der Waals surface area (Å²) in [7, 11) is 0. The van der Waals surface area contributed by atoms with Gasteiger partial charge in [-0.2, -0.15) is 0 Å². The Labute approximate surface area is 120 Å². The molecule has 0 aromatic heterocycles. The molecule has 1 aliphatic rings. The van der Waals surface area contributed by atoms with Gasteiger partial charge in [-0.25, -0.2) is 0 Å². The standard InChI is InChI=1S/C16H19ClN2/c1-3-14-12-16(18-17)5-4-15(14)8-11-19-9-6-13(2)7-10-19/h4-9,11-12,18H,3,10H2,1-2H3/b11-8+. The summed E-state index contributed by atoms with van der Waals surface area (Å²) in [6, 6.07) is 6.17. The van der Waals surface area contributed by atoms with Crippen molar-refractivity contribution in [3.63, 3.8) is 0 Å². The van der Waals surface area contributed by atoms with E-state index in [2.05, 4.69) is 66.3 Å². The number of rotatable bonds is 4. The summed E-state index contributed by atoms with van der Waals surface area (Å²) in [6.07, 6.45) is 11.7. The van der Waals surface area contributed by atoms with Crippen LogP contribution in [0.15, 0.2) is 48.3 Å². The molecule has 0 spiro atoms. The van der Waals surface area contributed by atoms with Crippen molar-refractivity contribution in [2.24, 2.45) is 0 Å². The van der Waals surface area contributed by atoms with Gasteiger partial charge in [-0.05, 0) is 48.8 Å². The van der Waals surface area contributed by atoms with Gasteiger partial charge in [-0.15, -0.1) is 0 Å². The largest absolute Gasteiger partial charge is 0.350 e. The van der Waals surface area contributed by atoms with Crippen molar-refractivity contribution in [2.75, 3.05) is 11.4 Å². The van der Waals surface area contributed by atoms with Crippen LogP contribution < -0.4 is 4.84 Å². The molecular formula is C16H19ClN2. The van der Waals surface area contributed by atoms with E-state index in [0.29, 0.717) is 0 Å². The van der Waals surface area contributed by atoms with Gasteiger partial charge in [-0.1, -0.05) is 24.6 Å². The third-order valence-electron chi connectivity index (χ3n) is 3.23. The third-order valence-corrected chi connectivity index (χ3v) is 3.45. The molecule has 1 aromatic rings. The van der Waals surface area contributed by atoms with E-state index in [1.807, 2.05) is 6.07 Å². The first-order valence-corrected chi connectivity index (χ1v) is 6.89. The van der Waals surface area contributed by atoms with Crippen LogP contribution in [0.4, 0.5) is 5.69 Å². The van der Waals surface area contributed by atoms with Crippen molar-refractivity contribution >= 4 is 23.5 Å². The first-order valence-electron chi connectivity index (χ1n) is 6.51. The van der Waals surface area contributed by atoms with Crippen LogP contribution in [-0.4, -0.2) is 11.4 Å². The number of aryl methyl sites for hydroxylation is 1. The van der Waals surface area contributed by atoms with E-state index in [1.54, 1.807) is 0 Å². The van der Waals surface area contributed by atoms with Crippen molar-refractivity contribution in [3.8, 4) is 0 Å². The molecule has 1 N–H and O–H groups in total. The first-order chi connectivity index (χ1) is 9.22. The maximum Gasteiger partial charge on any atom is 0.0494 e. The van der Waals surface area contributed by atoms with Gasteiger partial charge in [0.15, 0.2) is 0 Å². The van der Waals surface area contributed by atoms with Gasteiger partial charge in [-0.3, -0.25) is 4.84 Å². The highest BCUT2D eigenvalue weighted by Gasteiger charge is 2.01. The number of nitrogens with one attached hydrogen (secondary N) is 1. The topological polar surface area (TPSA) is 15.3 Å². The third kappa shape index (κ3) is 3.65. The van der Waals surface area contributed by atoms with Gasteiger partial charge >= 0.3 is 0 Å². The Hall–Kier alpha value is -1.67. The van der Waals surface area contributed by atoms with Crippen LogP contribution in [-0.2, 0) is 6.42 Å². The highest BCUT2D eigenvalue weighted by atomic mass is 35.5. The summed E-state index contributed by atoms with van der Waals surface area (Å²) in [5.41, 5.74) is 4.77. The molecule has 0 amide bonds. The summed E-state index contributed by atoms with van der Waals surface area (Å²) >= 11 is 5.63. The zero-order valence-corrected chi connectivity index (χ0v) is 12.1. The molecule has 0 atom stereocenters. The molecule has 0 radical (unpaired) electrons. The number of benzene rings is 1. The summed E-state index contributed by atoms with van der Waals surface area (Å²) in [4.78, 5) is 4.82. The summed E-state index contributed by atoms with van der Waals surface area (Å²) in [5, 5.41) is 0. The smallest absolute Gasteiger partial charge is 0.0494 e. The maximum atomic E-state index is 5.63. The zero-order valence-electron chi connectivity index (χ0n) is 11.4. The number of anilines is 1. The highest BCUT2D eigenvalue weighted by molar-refractivity contribution is 6.23. The van der Waals surface area contributed by atoms with E-state index in [9.17, 15) is 0 Å². The number of halogens is 1. The van der Waals surface area contributed by atoms with Crippen LogP contribution in [0, 0.1) is 0 Å². The van der Waals surface area contributed by atoms with Gasteiger partial charge < -0.3 is 4.90 Å². The van der Waals surface area contributed by atoms with Crippen LogP contribution in [0.25, 0.3) is 6.08 Å². The fourth-order valence-corrected chi connectivity index (χ4v) is 2.13. The van der Waals surface area contributed by atoms with E-state index in [0.717, 1.165) is 18.7 Å². The van der Waals surface area contributed by atoms with Gasteiger partial charge in [0.1, 0.15) is 0 Å². The van der Waals surface area contributed by atoms with Crippen LogP contribution >= 0.6 is 11.8 Å². The number of allylic oxidation sites excluding steroid dienone is 2. The van der Waals surface area contributed by atoms with Gasteiger partial charge in [0, 0.05) is 36.4 Å². The fourth-order valence-electron chi connectivity index (χ4n) is 2.01. The fraction of sp³-hybridized carbons (Fsp3) is 0.250. The molecule has 1 heterocycles. The Morgan fingerprint density at radius 1 is 1.42 bits per heavy atom. The summed E-state index contributed by atoms with van der Waals surface area (Å²) in [5.74, 6) is 0. The van der Waals surface area contributed by atoms with E-state index >= 15 is 0 Å².